The van der Waals surface area contributed by atoms with Crippen molar-refractivity contribution < 1.29 is 5.21 Å². The predicted molar refractivity (Wildman–Crippen MR) is 53.0 cm³/mol. The van der Waals surface area contributed by atoms with Crippen LogP contribution >= 0.6 is 0 Å². The van der Waals surface area contributed by atoms with Gasteiger partial charge in [0.15, 0.2) is 0 Å². The molecule has 0 radical (unpaired) electrons. The average Bonchev–Trinajstić information content (AvgIpc) is 2.24. The van der Waals surface area contributed by atoms with E-state index in [4.69, 9.17) is 5.21 Å². The molecule has 2 bridgehead atoms. The topological polar surface area (TPSA) is 32.6 Å². The minimum atomic E-state index is 0.0706. The Kier molecular flexibility index (Phi) is 1.60. The average molecular weight is 179 g/mol. The van der Waals surface area contributed by atoms with Crippen molar-refractivity contribution in [3.63, 3.8) is 0 Å². The van der Waals surface area contributed by atoms with Crippen LogP contribution in [0, 0.1) is 16.7 Å². The molecule has 0 heterocycles. The molecule has 2 atom stereocenters. The van der Waals surface area contributed by atoms with E-state index in [9.17, 15) is 0 Å². The summed E-state index contributed by atoms with van der Waals surface area (Å²) >= 11 is 0. The van der Waals surface area contributed by atoms with Gasteiger partial charge in [0.2, 0.25) is 0 Å². The summed E-state index contributed by atoms with van der Waals surface area (Å²) in [4.78, 5) is 0. The summed E-state index contributed by atoms with van der Waals surface area (Å²) in [5.41, 5.74) is 1.16. The first-order chi connectivity index (χ1) is 6.02. The Balaban J connectivity index is 2.54. The minimum Gasteiger partial charge on any atom is -0.411 e. The molecule has 72 valence electrons. The van der Waals surface area contributed by atoms with Crippen molar-refractivity contribution in [1.29, 1.82) is 0 Å². The lowest BCUT2D eigenvalue weighted by atomic mass is 9.61. The molecule has 2 nitrogen and oxygen atoms in total. The number of oxime groups is 1. The number of allylic oxidation sites excluding steroid dienone is 2. The third-order valence-electron chi connectivity index (χ3n) is 4.46. The molecule has 0 amide bonds. The fraction of sp³-hybridized carbons (Fsp3) is 0.727. The van der Waals surface area contributed by atoms with E-state index >= 15 is 0 Å². The standard InChI is InChI=1S/C11H17NO/c1-10(2)8-4-5-9(12-13)11(10,3)7-6-8/h4-5,8,13H,6-7H2,1-3H3. The highest BCUT2D eigenvalue weighted by Gasteiger charge is 2.55. The maximum Gasteiger partial charge on any atom is 0.0857 e. The summed E-state index contributed by atoms with van der Waals surface area (Å²) in [5, 5.41) is 12.4. The van der Waals surface area contributed by atoms with Crippen LogP contribution in [0.5, 0.6) is 0 Å². The van der Waals surface area contributed by atoms with Crippen molar-refractivity contribution in [1.82, 2.24) is 0 Å². The summed E-state index contributed by atoms with van der Waals surface area (Å²) in [6.45, 7) is 6.77. The Hall–Kier alpha value is -0.790. The normalized spacial score (nSPS) is 44.2. The zero-order valence-corrected chi connectivity index (χ0v) is 8.54. The molecule has 1 saturated carbocycles. The van der Waals surface area contributed by atoms with E-state index < -0.39 is 0 Å². The van der Waals surface area contributed by atoms with E-state index in [2.05, 4.69) is 32.0 Å². The van der Waals surface area contributed by atoms with Crippen molar-refractivity contribution in [2.45, 2.75) is 33.6 Å². The second-order valence-corrected chi connectivity index (χ2v) is 5.04. The highest BCUT2D eigenvalue weighted by atomic mass is 16.4. The molecular formula is C11H17NO. The lowest BCUT2D eigenvalue weighted by Gasteiger charge is -2.43. The molecule has 1 N–H and O–H groups in total. The molecule has 0 saturated heterocycles. The summed E-state index contributed by atoms with van der Waals surface area (Å²) in [7, 11) is 0. The summed E-state index contributed by atoms with van der Waals surface area (Å²) < 4.78 is 0. The molecule has 2 aliphatic rings. The van der Waals surface area contributed by atoms with Gasteiger partial charge in [0, 0.05) is 5.41 Å². The van der Waals surface area contributed by atoms with E-state index in [0.717, 1.165) is 12.1 Å². The third kappa shape index (κ3) is 0.862. The van der Waals surface area contributed by atoms with Crippen LogP contribution in [0.4, 0.5) is 0 Å². The molecule has 0 aromatic rings. The molecule has 1 fully saturated rings. The largest absolute Gasteiger partial charge is 0.411 e. The van der Waals surface area contributed by atoms with Crippen LogP contribution in [0.15, 0.2) is 17.3 Å². The van der Waals surface area contributed by atoms with E-state index in [1.165, 1.54) is 6.42 Å². The molecule has 2 aliphatic carbocycles. The van der Waals surface area contributed by atoms with Gasteiger partial charge in [-0.2, -0.15) is 0 Å². The molecule has 13 heavy (non-hydrogen) atoms. The van der Waals surface area contributed by atoms with Crippen LogP contribution < -0.4 is 0 Å². The van der Waals surface area contributed by atoms with Gasteiger partial charge in [0.1, 0.15) is 0 Å². The Bertz CT molecular complexity index is 290. The monoisotopic (exact) mass is 179 g/mol. The SMILES string of the molecule is CC12CCC(C=CC1=NO)C2(C)C. The predicted octanol–water partition coefficient (Wildman–Crippen LogP) is 2.83. The highest BCUT2D eigenvalue weighted by Crippen LogP contribution is 2.59. The van der Waals surface area contributed by atoms with Gasteiger partial charge >= 0.3 is 0 Å². The van der Waals surface area contributed by atoms with Crippen molar-refractivity contribution in [3.05, 3.63) is 12.2 Å². The van der Waals surface area contributed by atoms with Crippen LogP contribution in [0.3, 0.4) is 0 Å². The summed E-state index contributed by atoms with van der Waals surface area (Å²) in [5.74, 6) is 0.656. The summed E-state index contributed by atoms with van der Waals surface area (Å²) in [6, 6.07) is 0. The minimum absolute atomic E-state index is 0.0706. The van der Waals surface area contributed by atoms with Crippen molar-refractivity contribution in [2.24, 2.45) is 21.9 Å². The van der Waals surface area contributed by atoms with Crippen molar-refractivity contribution in [3.8, 4) is 0 Å². The van der Waals surface area contributed by atoms with E-state index in [0.29, 0.717) is 5.92 Å². The van der Waals surface area contributed by atoms with E-state index in [1.807, 2.05) is 6.08 Å². The lowest BCUT2D eigenvalue weighted by Crippen LogP contribution is -2.42. The van der Waals surface area contributed by atoms with Crippen molar-refractivity contribution in [2.75, 3.05) is 0 Å². The van der Waals surface area contributed by atoms with E-state index in [1.54, 1.807) is 0 Å². The first-order valence-electron chi connectivity index (χ1n) is 4.93. The molecule has 0 aliphatic heterocycles. The van der Waals surface area contributed by atoms with Crippen LogP contribution in [0.2, 0.25) is 0 Å². The summed E-state index contributed by atoms with van der Waals surface area (Å²) in [6.07, 6.45) is 6.54. The van der Waals surface area contributed by atoms with Gasteiger partial charge in [0.25, 0.3) is 0 Å². The molecule has 2 rings (SSSR count). The van der Waals surface area contributed by atoms with Gasteiger partial charge in [-0.3, -0.25) is 0 Å². The maximum absolute atomic E-state index is 8.95. The Morgan fingerprint density at radius 2 is 2.15 bits per heavy atom. The number of nitrogens with zero attached hydrogens (tertiary/aromatic N) is 1. The Morgan fingerprint density at radius 1 is 1.46 bits per heavy atom. The van der Waals surface area contributed by atoms with Gasteiger partial charge in [-0.05, 0) is 30.3 Å². The molecule has 0 aromatic carbocycles. The van der Waals surface area contributed by atoms with Gasteiger partial charge in [0.05, 0.1) is 5.71 Å². The molecular weight excluding hydrogens is 162 g/mol. The van der Waals surface area contributed by atoms with Gasteiger partial charge in [-0.25, -0.2) is 0 Å². The van der Waals surface area contributed by atoms with Gasteiger partial charge in [-0.15, -0.1) is 0 Å². The zero-order valence-electron chi connectivity index (χ0n) is 8.54. The third-order valence-corrected chi connectivity index (χ3v) is 4.46. The fourth-order valence-electron chi connectivity index (χ4n) is 2.87. The number of hydrogen-bond donors (Lipinski definition) is 1. The molecule has 2 heteroatoms. The number of fused-ring (bicyclic) bond motifs is 2. The first-order valence-corrected chi connectivity index (χ1v) is 4.93. The molecule has 0 aromatic heterocycles. The second kappa shape index (κ2) is 2.37. The smallest absolute Gasteiger partial charge is 0.0857 e. The lowest BCUT2D eigenvalue weighted by molar-refractivity contribution is 0.167. The fourth-order valence-corrected chi connectivity index (χ4v) is 2.87. The number of rotatable bonds is 0. The highest BCUT2D eigenvalue weighted by molar-refractivity contribution is 6.01. The van der Waals surface area contributed by atoms with E-state index in [-0.39, 0.29) is 10.8 Å². The second-order valence-electron chi connectivity index (χ2n) is 5.04. The van der Waals surface area contributed by atoms with Crippen LogP contribution in [0.1, 0.15) is 33.6 Å². The molecule has 0 spiro atoms. The maximum atomic E-state index is 8.95. The van der Waals surface area contributed by atoms with Gasteiger partial charge in [-0.1, -0.05) is 32.0 Å². The number of hydrogen-bond acceptors (Lipinski definition) is 2. The van der Waals surface area contributed by atoms with Crippen LogP contribution in [-0.2, 0) is 0 Å². The van der Waals surface area contributed by atoms with Gasteiger partial charge < -0.3 is 5.21 Å². The van der Waals surface area contributed by atoms with Crippen LogP contribution in [-0.4, -0.2) is 10.9 Å². The quantitative estimate of drug-likeness (QED) is 0.450. The Morgan fingerprint density at radius 3 is 2.77 bits per heavy atom. The first kappa shape index (κ1) is 8.79. The Labute approximate surface area is 79.3 Å². The van der Waals surface area contributed by atoms with Crippen molar-refractivity contribution >= 4 is 5.71 Å². The molecule has 2 unspecified atom stereocenters. The zero-order chi connectivity index (χ0) is 9.69. The van der Waals surface area contributed by atoms with Crippen LogP contribution in [0.25, 0.3) is 0 Å².